The number of fused-ring (bicyclic) bond motifs is 2. The Kier molecular flexibility index (Phi) is 5.53. The highest BCUT2D eigenvalue weighted by Crippen LogP contribution is 2.43. The maximum absolute atomic E-state index is 13.7. The third-order valence-electron chi connectivity index (χ3n) is 6.60. The molecule has 14 heteroatoms. The highest BCUT2D eigenvalue weighted by molar-refractivity contribution is 6.33. The first kappa shape index (κ1) is 24.7. The molecule has 2 aromatic carbocycles. The Bertz CT molecular complexity index is 1490. The quantitative estimate of drug-likeness (QED) is 0.403. The van der Waals surface area contributed by atoms with Gasteiger partial charge in [0.05, 0.1) is 11.4 Å². The minimum Gasteiger partial charge on any atom is -0.310 e. The average molecular weight is 544 g/mol. The molecule has 40 heavy (non-hydrogen) atoms. The fourth-order valence-corrected chi connectivity index (χ4v) is 4.78. The molecule has 0 bridgehead atoms. The highest BCUT2D eigenvalue weighted by atomic mass is 16.7. The van der Waals surface area contributed by atoms with E-state index >= 15 is 0 Å². The molecule has 2 fully saturated rings. The highest BCUT2D eigenvalue weighted by Gasteiger charge is 2.49. The summed E-state index contributed by atoms with van der Waals surface area (Å²) in [7, 11) is 0. The van der Waals surface area contributed by atoms with Gasteiger partial charge in [0.25, 0.3) is 23.6 Å². The van der Waals surface area contributed by atoms with Gasteiger partial charge in [-0.2, -0.15) is 0 Å². The lowest BCUT2D eigenvalue weighted by atomic mass is 10.1. The molecule has 0 radical (unpaired) electrons. The molecule has 2 saturated heterocycles. The zero-order valence-electron chi connectivity index (χ0n) is 20.3. The standard InChI is InChI=1S/C26H16N4O10/c31-17-9-10-18(32)29(17)39-25(37)27-15-7-3-1-5-13(15)23(35)21(27)22-24(36)14-6-2-4-8-16(14)28(22)26(38)40-30-19(33)11-12-20(30)34/h1-8H,9-12H2/b22-21+. The third-order valence-corrected chi connectivity index (χ3v) is 6.60. The summed E-state index contributed by atoms with van der Waals surface area (Å²) in [6.45, 7) is 0. The number of Topliss-reactive ketones (excluding diaryl/α,β-unsaturated/α-hetero) is 2. The molecule has 2 aromatic rings. The van der Waals surface area contributed by atoms with Gasteiger partial charge < -0.3 is 9.68 Å². The van der Waals surface area contributed by atoms with Crippen LogP contribution < -0.4 is 9.80 Å². The van der Waals surface area contributed by atoms with Crippen LogP contribution in [0.15, 0.2) is 59.9 Å². The summed E-state index contributed by atoms with van der Waals surface area (Å²) >= 11 is 0. The van der Waals surface area contributed by atoms with E-state index in [1.54, 1.807) is 0 Å². The Balaban J connectivity index is 1.49. The van der Waals surface area contributed by atoms with Gasteiger partial charge in [0, 0.05) is 36.8 Å². The van der Waals surface area contributed by atoms with Crippen LogP contribution in [0.5, 0.6) is 0 Å². The van der Waals surface area contributed by atoms with Crippen LogP contribution >= 0.6 is 0 Å². The van der Waals surface area contributed by atoms with Gasteiger partial charge in [-0.25, -0.2) is 19.4 Å². The Hall–Kier alpha value is -5.66. The molecule has 0 spiro atoms. The molecular weight excluding hydrogens is 528 g/mol. The van der Waals surface area contributed by atoms with Crippen LogP contribution in [0.4, 0.5) is 21.0 Å². The Morgan fingerprint density at radius 2 is 0.850 bits per heavy atom. The van der Waals surface area contributed by atoms with E-state index in [1.807, 2.05) is 0 Å². The van der Waals surface area contributed by atoms with Crippen molar-refractivity contribution in [1.29, 1.82) is 0 Å². The summed E-state index contributed by atoms with van der Waals surface area (Å²) in [5, 5.41) is 0.551. The van der Waals surface area contributed by atoms with Crippen LogP contribution in [-0.4, -0.2) is 57.5 Å². The van der Waals surface area contributed by atoms with E-state index in [1.165, 1.54) is 48.5 Å². The molecule has 6 rings (SSSR count). The molecule has 0 N–H and O–H groups in total. The first-order chi connectivity index (χ1) is 19.2. The van der Waals surface area contributed by atoms with Gasteiger partial charge in [0.15, 0.2) is 0 Å². The van der Waals surface area contributed by atoms with E-state index in [4.69, 9.17) is 9.68 Å². The second-order valence-corrected chi connectivity index (χ2v) is 8.94. The van der Waals surface area contributed by atoms with Crippen LogP contribution in [0, 0.1) is 0 Å². The lowest BCUT2D eigenvalue weighted by Gasteiger charge is -2.25. The molecule has 200 valence electrons. The minimum atomic E-state index is -1.37. The molecule has 0 aliphatic carbocycles. The zero-order chi connectivity index (χ0) is 28.3. The first-order valence-corrected chi connectivity index (χ1v) is 12.0. The van der Waals surface area contributed by atoms with Crippen molar-refractivity contribution in [3.63, 3.8) is 0 Å². The number of imide groups is 2. The monoisotopic (exact) mass is 544 g/mol. The Labute approximate surface area is 223 Å². The van der Waals surface area contributed by atoms with Crippen molar-refractivity contribution in [3.8, 4) is 0 Å². The Morgan fingerprint density at radius 1 is 0.525 bits per heavy atom. The van der Waals surface area contributed by atoms with Crippen molar-refractivity contribution >= 4 is 58.8 Å². The average Bonchev–Trinajstić information content (AvgIpc) is 3.63. The van der Waals surface area contributed by atoms with Gasteiger partial charge in [0.1, 0.15) is 11.4 Å². The van der Waals surface area contributed by atoms with E-state index in [2.05, 4.69) is 0 Å². The third kappa shape index (κ3) is 3.57. The second kappa shape index (κ2) is 8.97. The lowest BCUT2D eigenvalue weighted by molar-refractivity contribution is -0.171. The number of nitrogens with zero attached hydrogens (tertiary/aromatic N) is 4. The maximum atomic E-state index is 13.7. The number of hydrogen-bond acceptors (Lipinski definition) is 10. The van der Waals surface area contributed by atoms with Crippen LogP contribution in [0.3, 0.4) is 0 Å². The van der Waals surface area contributed by atoms with E-state index in [-0.39, 0.29) is 58.3 Å². The lowest BCUT2D eigenvalue weighted by Crippen LogP contribution is -2.42. The molecule has 0 atom stereocenters. The van der Waals surface area contributed by atoms with E-state index < -0.39 is 58.8 Å². The summed E-state index contributed by atoms with van der Waals surface area (Å²) in [6, 6.07) is 11.5. The van der Waals surface area contributed by atoms with Gasteiger partial charge in [-0.1, -0.05) is 24.3 Å². The molecular formula is C26H16N4O10. The van der Waals surface area contributed by atoms with E-state index in [0.717, 1.165) is 0 Å². The number of carbonyl (C=O) groups excluding carboxylic acids is 8. The van der Waals surface area contributed by atoms with Gasteiger partial charge in [0.2, 0.25) is 11.6 Å². The molecule has 0 aromatic heterocycles. The van der Waals surface area contributed by atoms with Crippen LogP contribution in [0.2, 0.25) is 0 Å². The SMILES string of the molecule is O=C1/C(=C2/C(=O)c3ccccc3N2C(=O)ON2C(=O)CCC2=O)N(C(=O)ON2C(=O)CCC2=O)c2ccccc21. The van der Waals surface area contributed by atoms with Crippen molar-refractivity contribution in [2.75, 3.05) is 9.80 Å². The Morgan fingerprint density at radius 3 is 1.20 bits per heavy atom. The number of rotatable bonds is 2. The summed E-state index contributed by atoms with van der Waals surface area (Å²) in [5.74, 6) is -4.81. The normalized spacial score (nSPS) is 20.1. The fraction of sp³-hybridized carbons (Fsp3) is 0.154. The largest absolute Gasteiger partial charge is 0.444 e. The van der Waals surface area contributed by atoms with Crippen LogP contribution in [0.1, 0.15) is 46.4 Å². The van der Waals surface area contributed by atoms with Crippen molar-refractivity contribution in [3.05, 3.63) is 71.1 Å². The number of amides is 6. The number of hydrogen-bond donors (Lipinski definition) is 0. The van der Waals surface area contributed by atoms with Gasteiger partial charge in [-0.3, -0.25) is 28.8 Å². The molecule has 4 aliphatic heterocycles. The van der Waals surface area contributed by atoms with Gasteiger partial charge in [-0.15, -0.1) is 10.1 Å². The number of allylic oxidation sites excluding steroid dienone is 2. The number of ketones is 2. The zero-order valence-corrected chi connectivity index (χ0v) is 20.3. The van der Waals surface area contributed by atoms with Gasteiger partial charge >= 0.3 is 12.2 Å². The second-order valence-electron chi connectivity index (χ2n) is 8.94. The van der Waals surface area contributed by atoms with Gasteiger partial charge in [-0.05, 0) is 24.3 Å². The van der Waals surface area contributed by atoms with E-state index in [0.29, 0.717) is 9.80 Å². The predicted molar refractivity (Wildman–Crippen MR) is 129 cm³/mol. The number of hydroxylamine groups is 4. The number of carbonyl (C=O) groups is 8. The van der Waals surface area contributed by atoms with E-state index in [9.17, 15) is 38.4 Å². The summed E-state index contributed by atoms with van der Waals surface area (Å²) in [5.41, 5.74) is -1.40. The topological polar surface area (TPSA) is 168 Å². The molecule has 0 saturated carbocycles. The number of benzene rings is 2. The maximum Gasteiger partial charge on any atom is 0.444 e. The molecule has 6 amide bonds. The smallest absolute Gasteiger partial charge is 0.310 e. The minimum absolute atomic E-state index is 0.0389. The predicted octanol–water partition coefficient (Wildman–Crippen LogP) is 2.00. The molecule has 14 nitrogen and oxygen atoms in total. The van der Waals surface area contributed by atoms with Crippen molar-refractivity contribution in [2.45, 2.75) is 25.7 Å². The molecule has 0 unspecified atom stereocenters. The number of anilines is 2. The molecule has 4 heterocycles. The van der Waals surface area contributed by atoms with Crippen molar-refractivity contribution < 1.29 is 48.0 Å². The number of para-hydroxylation sites is 2. The van der Waals surface area contributed by atoms with Crippen molar-refractivity contribution in [1.82, 2.24) is 10.1 Å². The van der Waals surface area contributed by atoms with Crippen LogP contribution in [0.25, 0.3) is 0 Å². The molecule has 4 aliphatic rings. The summed E-state index contributed by atoms with van der Waals surface area (Å²) < 4.78 is 0. The summed E-state index contributed by atoms with van der Waals surface area (Å²) in [6.07, 6.45) is -3.47. The summed E-state index contributed by atoms with van der Waals surface area (Å²) in [4.78, 5) is 114. The fourth-order valence-electron chi connectivity index (χ4n) is 4.78. The van der Waals surface area contributed by atoms with Crippen LogP contribution in [-0.2, 0) is 28.9 Å². The first-order valence-electron chi connectivity index (χ1n) is 12.0. The van der Waals surface area contributed by atoms with Crippen molar-refractivity contribution in [2.24, 2.45) is 0 Å².